The van der Waals surface area contributed by atoms with Gasteiger partial charge < -0.3 is 9.80 Å². The molecule has 4 rings (SSSR count). The van der Waals surface area contributed by atoms with E-state index in [1.54, 1.807) is 11.3 Å². The molecule has 0 N–H and O–H groups in total. The smallest absolute Gasteiger partial charge is 0.273 e. The second-order valence-electron chi connectivity index (χ2n) is 8.96. The molecule has 2 fully saturated rings. The van der Waals surface area contributed by atoms with Gasteiger partial charge in [-0.25, -0.2) is 9.97 Å². The lowest BCUT2D eigenvalue weighted by molar-refractivity contribution is 0.0632. The summed E-state index contributed by atoms with van der Waals surface area (Å²) in [6.45, 7) is 11.3. The second-order valence-corrected chi connectivity index (χ2v) is 9.90. The summed E-state index contributed by atoms with van der Waals surface area (Å²) in [4.78, 5) is 29.0. The Balaban J connectivity index is 1.27. The van der Waals surface area contributed by atoms with Crippen molar-refractivity contribution in [1.29, 1.82) is 0 Å². The molecule has 2 aliphatic rings. The van der Waals surface area contributed by atoms with Crippen LogP contribution >= 0.6 is 11.3 Å². The van der Waals surface area contributed by atoms with E-state index in [4.69, 9.17) is 0 Å². The topological polar surface area (TPSA) is 52.6 Å². The highest BCUT2D eigenvalue weighted by molar-refractivity contribution is 7.09. The van der Waals surface area contributed by atoms with Gasteiger partial charge in [0.25, 0.3) is 5.91 Å². The van der Waals surface area contributed by atoms with Crippen molar-refractivity contribution in [2.75, 3.05) is 50.7 Å². The summed E-state index contributed by atoms with van der Waals surface area (Å²) in [7, 11) is 0. The van der Waals surface area contributed by atoms with Crippen LogP contribution in [0.1, 0.15) is 42.2 Å². The van der Waals surface area contributed by atoms with E-state index in [0.29, 0.717) is 17.5 Å². The lowest BCUT2D eigenvalue weighted by atomic mass is 9.97. The van der Waals surface area contributed by atoms with Gasteiger partial charge in [-0.2, -0.15) is 0 Å². The predicted molar refractivity (Wildman–Crippen MR) is 122 cm³/mol. The van der Waals surface area contributed by atoms with E-state index in [9.17, 15) is 4.79 Å². The Labute approximate surface area is 183 Å². The van der Waals surface area contributed by atoms with Gasteiger partial charge in [-0.15, -0.1) is 11.3 Å². The largest absolute Gasteiger partial charge is 0.354 e. The zero-order valence-electron chi connectivity index (χ0n) is 18.2. The summed E-state index contributed by atoms with van der Waals surface area (Å²) in [5.74, 6) is 2.31. The summed E-state index contributed by atoms with van der Waals surface area (Å²) < 4.78 is 0. The van der Waals surface area contributed by atoms with Crippen LogP contribution in [-0.4, -0.2) is 71.5 Å². The zero-order chi connectivity index (χ0) is 20.9. The summed E-state index contributed by atoms with van der Waals surface area (Å²) >= 11 is 1.62. The molecule has 0 bridgehead atoms. The molecule has 0 radical (unpaired) electrons. The van der Waals surface area contributed by atoms with Crippen LogP contribution in [0.4, 0.5) is 5.82 Å². The molecule has 1 amide bonds. The van der Waals surface area contributed by atoms with Gasteiger partial charge in [-0.1, -0.05) is 19.9 Å². The van der Waals surface area contributed by atoms with E-state index in [1.807, 2.05) is 22.5 Å². The van der Waals surface area contributed by atoms with Crippen molar-refractivity contribution < 1.29 is 4.79 Å². The first kappa shape index (κ1) is 21.2. The monoisotopic (exact) mass is 427 g/mol. The van der Waals surface area contributed by atoms with E-state index < -0.39 is 0 Å². The fourth-order valence-electron chi connectivity index (χ4n) is 4.48. The standard InChI is InChI=1S/C23H33N5OS/c1-18(2)14-22-25-20(17-30-22)23(29)28-9-5-6-19(16-28)15-26-10-12-27(13-11-26)21-7-3-4-8-24-21/h3-4,7-8,17-19H,5-6,9-16H2,1-2H3. The van der Waals surface area contributed by atoms with Gasteiger partial charge in [0.05, 0.1) is 5.01 Å². The quantitative estimate of drug-likeness (QED) is 0.707. The number of likely N-dealkylation sites (tertiary alicyclic amines) is 1. The van der Waals surface area contributed by atoms with Gasteiger partial charge in [0.2, 0.25) is 0 Å². The second kappa shape index (κ2) is 9.88. The van der Waals surface area contributed by atoms with Gasteiger partial charge in [0, 0.05) is 63.8 Å². The predicted octanol–water partition coefficient (Wildman–Crippen LogP) is 3.41. The van der Waals surface area contributed by atoms with Crippen LogP contribution < -0.4 is 4.90 Å². The molecule has 6 nitrogen and oxygen atoms in total. The lowest BCUT2D eigenvalue weighted by Crippen LogP contribution is -2.50. The van der Waals surface area contributed by atoms with Crippen LogP contribution in [0.2, 0.25) is 0 Å². The summed E-state index contributed by atoms with van der Waals surface area (Å²) in [6.07, 6.45) is 5.11. The SMILES string of the molecule is CC(C)Cc1nc(C(=O)N2CCCC(CN3CCN(c4ccccn4)CC3)C2)cs1. The van der Waals surface area contributed by atoms with Gasteiger partial charge in [0.15, 0.2) is 0 Å². The normalized spacial score (nSPS) is 20.7. The van der Waals surface area contributed by atoms with E-state index in [-0.39, 0.29) is 5.91 Å². The first-order valence-corrected chi connectivity index (χ1v) is 12.1. The Hall–Kier alpha value is -1.99. The highest BCUT2D eigenvalue weighted by Crippen LogP contribution is 2.22. The highest BCUT2D eigenvalue weighted by Gasteiger charge is 2.28. The Morgan fingerprint density at radius 3 is 2.77 bits per heavy atom. The maximum atomic E-state index is 13.0. The van der Waals surface area contributed by atoms with Gasteiger partial charge in [0.1, 0.15) is 11.5 Å². The Kier molecular flexibility index (Phi) is 7.00. The molecule has 2 aromatic rings. The summed E-state index contributed by atoms with van der Waals surface area (Å²) in [5.41, 5.74) is 0.639. The van der Waals surface area contributed by atoms with E-state index in [2.05, 4.69) is 45.7 Å². The maximum absolute atomic E-state index is 13.0. The van der Waals surface area contributed by atoms with Crippen LogP contribution in [0.3, 0.4) is 0 Å². The number of pyridine rings is 1. The summed E-state index contributed by atoms with van der Waals surface area (Å²) in [5, 5.41) is 3.02. The van der Waals surface area contributed by atoms with E-state index in [1.165, 1.54) is 6.42 Å². The number of hydrogen-bond donors (Lipinski definition) is 0. The number of anilines is 1. The number of carbonyl (C=O) groups is 1. The molecule has 162 valence electrons. The number of aromatic nitrogens is 2. The fourth-order valence-corrected chi connectivity index (χ4v) is 5.46. The third kappa shape index (κ3) is 5.38. The number of nitrogens with zero attached hydrogens (tertiary/aromatic N) is 5. The lowest BCUT2D eigenvalue weighted by Gasteiger charge is -2.39. The maximum Gasteiger partial charge on any atom is 0.273 e. The Morgan fingerprint density at radius 2 is 2.03 bits per heavy atom. The van der Waals surface area contributed by atoms with Crippen molar-refractivity contribution in [2.24, 2.45) is 11.8 Å². The number of piperidine rings is 1. The average Bonchev–Trinajstić information content (AvgIpc) is 3.22. The molecule has 30 heavy (non-hydrogen) atoms. The number of thiazole rings is 1. The minimum atomic E-state index is 0.117. The molecule has 7 heteroatoms. The molecule has 1 atom stereocenters. The molecule has 1 unspecified atom stereocenters. The number of rotatable bonds is 6. The van der Waals surface area contributed by atoms with Crippen molar-refractivity contribution in [3.63, 3.8) is 0 Å². The van der Waals surface area contributed by atoms with Crippen molar-refractivity contribution in [2.45, 2.75) is 33.1 Å². The van der Waals surface area contributed by atoms with Crippen molar-refractivity contribution >= 4 is 23.1 Å². The molecular weight excluding hydrogens is 394 g/mol. The summed E-state index contributed by atoms with van der Waals surface area (Å²) in [6, 6.07) is 6.11. The molecule has 0 aliphatic carbocycles. The molecule has 0 spiro atoms. The fraction of sp³-hybridized carbons (Fsp3) is 0.609. The van der Waals surface area contributed by atoms with Crippen LogP contribution in [0, 0.1) is 11.8 Å². The van der Waals surface area contributed by atoms with Crippen LogP contribution in [0.25, 0.3) is 0 Å². The average molecular weight is 428 g/mol. The minimum absolute atomic E-state index is 0.117. The van der Waals surface area contributed by atoms with E-state index in [0.717, 1.165) is 69.5 Å². The van der Waals surface area contributed by atoms with Crippen LogP contribution in [-0.2, 0) is 6.42 Å². The van der Waals surface area contributed by atoms with Crippen molar-refractivity contribution in [1.82, 2.24) is 19.8 Å². The van der Waals surface area contributed by atoms with Crippen molar-refractivity contribution in [3.8, 4) is 0 Å². The molecular formula is C23H33N5OS. The third-order valence-electron chi connectivity index (χ3n) is 6.02. The van der Waals surface area contributed by atoms with Crippen LogP contribution in [0.5, 0.6) is 0 Å². The first-order valence-electron chi connectivity index (χ1n) is 11.2. The van der Waals surface area contributed by atoms with Gasteiger partial charge >= 0.3 is 0 Å². The minimum Gasteiger partial charge on any atom is -0.354 e. The van der Waals surface area contributed by atoms with Crippen LogP contribution in [0.15, 0.2) is 29.8 Å². The molecule has 2 aromatic heterocycles. The number of hydrogen-bond acceptors (Lipinski definition) is 6. The highest BCUT2D eigenvalue weighted by atomic mass is 32.1. The zero-order valence-corrected chi connectivity index (χ0v) is 19.0. The number of carbonyl (C=O) groups excluding carboxylic acids is 1. The molecule has 0 aromatic carbocycles. The van der Waals surface area contributed by atoms with Gasteiger partial charge in [-0.3, -0.25) is 9.69 Å². The first-order chi connectivity index (χ1) is 14.6. The Morgan fingerprint density at radius 1 is 1.20 bits per heavy atom. The molecule has 4 heterocycles. The number of amides is 1. The number of piperazine rings is 1. The molecule has 0 saturated carbocycles. The van der Waals surface area contributed by atoms with Crippen molar-refractivity contribution in [3.05, 3.63) is 40.5 Å². The Bertz CT molecular complexity index is 816. The molecule has 2 saturated heterocycles. The van der Waals surface area contributed by atoms with Gasteiger partial charge in [-0.05, 0) is 36.8 Å². The molecule has 2 aliphatic heterocycles. The van der Waals surface area contributed by atoms with E-state index >= 15 is 0 Å². The third-order valence-corrected chi connectivity index (χ3v) is 6.89.